The van der Waals surface area contributed by atoms with Crippen LogP contribution in [0.3, 0.4) is 0 Å². The first-order chi connectivity index (χ1) is 12.0. The summed E-state index contributed by atoms with van der Waals surface area (Å²) in [6.45, 7) is 3.91. The van der Waals surface area contributed by atoms with Crippen molar-refractivity contribution in [2.24, 2.45) is 12.0 Å². The van der Waals surface area contributed by atoms with Crippen LogP contribution in [-0.4, -0.2) is 29.2 Å². The number of ether oxygens (including phenoxy) is 1. The Morgan fingerprint density at radius 2 is 2.00 bits per heavy atom. The van der Waals surface area contributed by atoms with Crippen LogP contribution in [0.2, 0.25) is 10.2 Å². The molecule has 6 nitrogen and oxygen atoms in total. The second-order valence-electron chi connectivity index (χ2n) is 5.47. The first-order valence-electron chi connectivity index (χ1n) is 8.07. The van der Waals surface area contributed by atoms with Gasteiger partial charge in [0.15, 0.2) is 5.96 Å². The molecule has 0 aromatic carbocycles. The van der Waals surface area contributed by atoms with Crippen molar-refractivity contribution in [1.82, 2.24) is 20.2 Å². The highest BCUT2D eigenvalue weighted by atomic mass is 127. The largest absolute Gasteiger partial charge is 0.478 e. The van der Waals surface area contributed by atoms with E-state index in [1.165, 1.54) is 0 Å². The van der Waals surface area contributed by atoms with Crippen LogP contribution in [0.5, 0.6) is 5.88 Å². The Bertz CT molecular complexity index is 719. The topological polar surface area (TPSA) is 63.5 Å². The van der Waals surface area contributed by atoms with Gasteiger partial charge in [-0.1, -0.05) is 36.2 Å². The zero-order valence-electron chi connectivity index (χ0n) is 15.1. The molecule has 0 amide bonds. The number of nitrogens with zero attached hydrogens (tertiary/aromatic N) is 3. The molecule has 0 saturated carbocycles. The zero-order chi connectivity index (χ0) is 18.2. The van der Waals surface area contributed by atoms with E-state index in [4.69, 9.17) is 27.9 Å². The monoisotopic (exact) mass is 511 g/mol. The highest BCUT2D eigenvalue weighted by Crippen LogP contribution is 2.24. The van der Waals surface area contributed by atoms with Gasteiger partial charge in [-0.2, -0.15) is 0 Å². The SMILES string of the molecule is CCCOc1ccc(CNC(=NC)NCc2cc(Cl)c(Cl)n2C)cn1.I. The van der Waals surface area contributed by atoms with E-state index in [1.54, 1.807) is 13.2 Å². The van der Waals surface area contributed by atoms with E-state index in [9.17, 15) is 0 Å². The van der Waals surface area contributed by atoms with Gasteiger partial charge in [-0.15, -0.1) is 24.0 Å². The van der Waals surface area contributed by atoms with Crippen molar-refractivity contribution in [3.63, 3.8) is 0 Å². The number of nitrogens with one attached hydrogen (secondary N) is 2. The molecule has 2 heterocycles. The molecule has 0 aliphatic carbocycles. The fourth-order valence-electron chi connectivity index (χ4n) is 2.15. The maximum atomic E-state index is 6.07. The first-order valence-corrected chi connectivity index (χ1v) is 8.82. The minimum absolute atomic E-state index is 0. The van der Waals surface area contributed by atoms with E-state index in [1.807, 2.05) is 29.8 Å². The smallest absolute Gasteiger partial charge is 0.213 e. The number of aromatic nitrogens is 2. The summed E-state index contributed by atoms with van der Waals surface area (Å²) in [7, 11) is 3.59. The Hall–Kier alpha value is -1.19. The molecular formula is C17H24Cl2IN5O. The van der Waals surface area contributed by atoms with Crippen LogP contribution in [0.4, 0.5) is 0 Å². The van der Waals surface area contributed by atoms with Crippen LogP contribution < -0.4 is 15.4 Å². The van der Waals surface area contributed by atoms with Gasteiger partial charge in [0, 0.05) is 38.6 Å². The number of rotatable bonds is 7. The number of guanidine groups is 1. The van der Waals surface area contributed by atoms with Gasteiger partial charge in [-0.25, -0.2) is 4.98 Å². The van der Waals surface area contributed by atoms with Gasteiger partial charge in [0.25, 0.3) is 0 Å². The van der Waals surface area contributed by atoms with E-state index in [2.05, 4.69) is 27.5 Å². The van der Waals surface area contributed by atoms with E-state index in [0.29, 0.717) is 41.7 Å². The maximum absolute atomic E-state index is 6.07. The second-order valence-corrected chi connectivity index (χ2v) is 6.23. The molecule has 2 rings (SSSR count). The quantitative estimate of drug-likeness (QED) is 0.335. The summed E-state index contributed by atoms with van der Waals surface area (Å²) in [6, 6.07) is 5.69. The lowest BCUT2D eigenvalue weighted by atomic mass is 10.3. The fraction of sp³-hybridized carbons (Fsp3) is 0.412. The number of aliphatic imine (C=N–C) groups is 1. The average molecular weight is 512 g/mol. The number of halogens is 3. The Morgan fingerprint density at radius 3 is 2.54 bits per heavy atom. The normalized spacial score (nSPS) is 11.0. The standard InChI is InChI=1S/C17H23Cl2N5O.HI/c1-4-7-25-15-6-5-12(9-21-15)10-22-17(20-2)23-11-13-8-14(18)16(19)24(13)3;/h5-6,8-9H,4,7,10-11H2,1-3H3,(H2,20,22,23);1H. The van der Waals surface area contributed by atoms with Crippen LogP contribution in [0.1, 0.15) is 24.6 Å². The Balaban J connectivity index is 0.00000338. The number of pyridine rings is 1. The maximum Gasteiger partial charge on any atom is 0.213 e. The molecule has 0 unspecified atom stereocenters. The van der Waals surface area contributed by atoms with Gasteiger partial charge < -0.3 is 19.9 Å². The van der Waals surface area contributed by atoms with Crippen LogP contribution in [-0.2, 0) is 20.1 Å². The Kier molecular flexibility index (Phi) is 10.1. The summed E-state index contributed by atoms with van der Waals surface area (Å²) in [5.74, 6) is 1.32. The van der Waals surface area contributed by atoms with Crippen LogP contribution >= 0.6 is 47.2 Å². The molecule has 0 fully saturated rings. The summed E-state index contributed by atoms with van der Waals surface area (Å²) < 4.78 is 7.31. The second kappa shape index (κ2) is 11.5. The third-order valence-electron chi connectivity index (χ3n) is 3.59. The van der Waals surface area contributed by atoms with Gasteiger partial charge >= 0.3 is 0 Å². The van der Waals surface area contributed by atoms with Gasteiger partial charge in [-0.05, 0) is 18.1 Å². The first kappa shape index (κ1) is 22.9. The highest BCUT2D eigenvalue weighted by molar-refractivity contribution is 14.0. The highest BCUT2D eigenvalue weighted by Gasteiger charge is 2.09. The van der Waals surface area contributed by atoms with Crippen molar-refractivity contribution in [3.05, 3.63) is 45.8 Å². The molecule has 0 atom stereocenters. The molecule has 0 saturated heterocycles. The Labute approximate surface area is 181 Å². The van der Waals surface area contributed by atoms with Crippen molar-refractivity contribution in [2.45, 2.75) is 26.4 Å². The molecule has 0 aliphatic rings. The lowest BCUT2D eigenvalue weighted by molar-refractivity contribution is 0.305. The minimum Gasteiger partial charge on any atom is -0.478 e. The summed E-state index contributed by atoms with van der Waals surface area (Å²) in [5, 5.41) is 7.54. The minimum atomic E-state index is 0. The lowest BCUT2D eigenvalue weighted by Crippen LogP contribution is -2.36. The average Bonchev–Trinajstić information content (AvgIpc) is 2.88. The molecular weight excluding hydrogens is 488 g/mol. The third-order valence-corrected chi connectivity index (χ3v) is 4.43. The molecule has 2 N–H and O–H groups in total. The lowest BCUT2D eigenvalue weighted by Gasteiger charge is -2.12. The van der Waals surface area contributed by atoms with E-state index in [-0.39, 0.29) is 24.0 Å². The van der Waals surface area contributed by atoms with E-state index in [0.717, 1.165) is 17.7 Å². The van der Waals surface area contributed by atoms with Crippen LogP contribution in [0.15, 0.2) is 29.4 Å². The molecule has 2 aromatic heterocycles. The summed E-state index contributed by atoms with van der Waals surface area (Å²) in [6.07, 6.45) is 2.76. The summed E-state index contributed by atoms with van der Waals surface area (Å²) in [5.41, 5.74) is 2.01. The Morgan fingerprint density at radius 1 is 1.27 bits per heavy atom. The number of hydrogen-bond donors (Lipinski definition) is 2. The van der Waals surface area contributed by atoms with Gasteiger partial charge in [0.2, 0.25) is 5.88 Å². The summed E-state index contributed by atoms with van der Waals surface area (Å²) in [4.78, 5) is 8.49. The molecule has 144 valence electrons. The fourth-order valence-corrected chi connectivity index (χ4v) is 2.56. The van der Waals surface area contributed by atoms with Crippen molar-refractivity contribution in [3.8, 4) is 5.88 Å². The molecule has 0 radical (unpaired) electrons. The molecule has 0 aliphatic heterocycles. The predicted octanol–water partition coefficient (Wildman–Crippen LogP) is 4.00. The van der Waals surface area contributed by atoms with Crippen molar-refractivity contribution in [1.29, 1.82) is 0 Å². The van der Waals surface area contributed by atoms with Crippen molar-refractivity contribution < 1.29 is 4.74 Å². The van der Waals surface area contributed by atoms with Crippen LogP contribution in [0.25, 0.3) is 0 Å². The van der Waals surface area contributed by atoms with Crippen LogP contribution in [0, 0.1) is 0 Å². The molecule has 0 bridgehead atoms. The van der Waals surface area contributed by atoms with Gasteiger partial charge in [-0.3, -0.25) is 4.99 Å². The molecule has 0 spiro atoms. The van der Waals surface area contributed by atoms with Crippen molar-refractivity contribution in [2.75, 3.05) is 13.7 Å². The third kappa shape index (κ3) is 6.51. The van der Waals surface area contributed by atoms with E-state index < -0.39 is 0 Å². The molecule has 2 aromatic rings. The zero-order valence-corrected chi connectivity index (χ0v) is 18.9. The predicted molar refractivity (Wildman–Crippen MR) is 118 cm³/mol. The summed E-state index contributed by atoms with van der Waals surface area (Å²) >= 11 is 12.1. The van der Waals surface area contributed by atoms with Gasteiger partial charge in [0.05, 0.1) is 18.2 Å². The van der Waals surface area contributed by atoms with E-state index >= 15 is 0 Å². The van der Waals surface area contributed by atoms with Gasteiger partial charge in [0.1, 0.15) is 5.15 Å². The van der Waals surface area contributed by atoms with Crippen molar-refractivity contribution >= 4 is 53.1 Å². The molecule has 26 heavy (non-hydrogen) atoms. The molecule has 9 heteroatoms. The number of hydrogen-bond acceptors (Lipinski definition) is 3.